The summed E-state index contributed by atoms with van der Waals surface area (Å²) in [5.74, 6) is -0.326. The van der Waals surface area contributed by atoms with Gasteiger partial charge in [-0.05, 0) is 30.2 Å². The first-order chi connectivity index (χ1) is 9.10. The molecule has 0 aliphatic carbocycles. The smallest absolute Gasteiger partial charge is 0.150 e. The highest BCUT2D eigenvalue weighted by Gasteiger charge is 2.02. The Kier molecular flexibility index (Phi) is 4.27. The minimum atomic E-state index is -0.326. The van der Waals surface area contributed by atoms with Crippen LogP contribution in [0.4, 0.5) is 4.39 Å². The van der Waals surface area contributed by atoms with Crippen molar-refractivity contribution in [3.8, 4) is 0 Å². The summed E-state index contributed by atoms with van der Waals surface area (Å²) in [4.78, 5) is 10.5. The van der Waals surface area contributed by atoms with Gasteiger partial charge >= 0.3 is 0 Å². The van der Waals surface area contributed by atoms with Crippen molar-refractivity contribution in [2.24, 2.45) is 0 Å². The van der Waals surface area contributed by atoms with Crippen LogP contribution in [0, 0.1) is 6.92 Å². The zero-order chi connectivity index (χ0) is 13.8. The minimum Gasteiger partial charge on any atom is -0.298 e. The van der Waals surface area contributed by atoms with E-state index in [1.165, 1.54) is 6.08 Å². The van der Waals surface area contributed by atoms with Gasteiger partial charge in [0.15, 0.2) is 0 Å². The van der Waals surface area contributed by atoms with E-state index < -0.39 is 0 Å². The van der Waals surface area contributed by atoms with Gasteiger partial charge in [0.1, 0.15) is 12.1 Å². The summed E-state index contributed by atoms with van der Waals surface area (Å²) in [5, 5.41) is 0. The van der Waals surface area contributed by atoms with E-state index in [2.05, 4.69) is 15.9 Å². The Morgan fingerprint density at radius 3 is 2.32 bits per heavy atom. The largest absolute Gasteiger partial charge is 0.298 e. The molecule has 3 heteroatoms. The Hall–Kier alpha value is -1.74. The predicted octanol–water partition coefficient (Wildman–Crippen LogP) is 5.04. The van der Waals surface area contributed by atoms with Crippen molar-refractivity contribution in [3.05, 3.63) is 69.2 Å². The van der Waals surface area contributed by atoms with Crippen LogP contribution >= 0.6 is 15.9 Å². The fraction of sp³-hybridized carbons (Fsp3) is 0.0625. The lowest BCUT2D eigenvalue weighted by Crippen LogP contribution is -1.83. The molecule has 0 heterocycles. The van der Waals surface area contributed by atoms with Gasteiger partial charge in [-0.2, -0.15) is 0 Å². The highest BCUT2D eigenvalue weighted by atomic mass is 79.9. The molecule has 96 valence electrons. The monoisotopic (exact) mass is 318 g/mol. The average molecular weight is 319 g/mol. The molecule has 0 spiro atoms. The standard InChI is InChI=1S/C16H12BrFO/c1-11-2-3-13(8-15(11)17)9-16(18)14-6-4-12(10-19)5-7-14/h2-10H,1H3/b16-9-. The Morgan fingerprint density at radius 2 is 1.74 bits per heavy atom. The summed E-state index contributed by atoms with van der Waals surface area (Å²) in [7, 11) is 0. The van der Waals surface area contributed by atoms with E-state index in [4.69, 9.17) is 0 Å². The van der Waals surface area contributed by atoms with Crippen LogP contribution in [0.5, 0.6) is 0 Å². The molecule has 0 aliphatic rings. The molecule has 0 aromatic heterocycles. The predicted molar refractivity (Wildman–Crippen MR) is 79.7 cm³/mol. The average Bonchev–Trinajstić information content (AvgIpc) is 2.43. The third kappa shape index (κ3) is 3.38. The van der Waals surface area contributed by atoms with Crippen molar-refractivity contribution < 1.29 is 9.18 Å². The number of hydrogen-bond acceptors (Lipinski definition) is 1. The van der Waals surface area contributed by atoms with Gasteiger partial charge in [0.2, 0.25) is 0 Å². The molecule has 0 unspecified atom stereocenters. The molecule has 0 saturated heterocycles. The van der Waals surface area contributed by atoms with Crippen molar-refractivity contribution in [3.63, 3.8) is 0 Å². The summed E-state index contributed by atoms with van der Waals surface area (Å²) < 4.78 is 15.0. The molecule has 1 nitrogen and oxygen atoms in total. The maximum absolute atomic E-state index is 14.0. The zero-order valence-electron chi connectivity index (χ0n) is 10.4. The first-order valence-electron chi connectivity index (χ1n) is 5.79. The van der Waals surface area contributed by atoms with Gasteiger partial charge in [0, 0.05) is 15.6 Å². The second-order valence-corrected chi connectivity index (χ2v) is 5.10. The maximum Gasteiger partial charge on any atom is 0.150 e. The number of carbonyl (C=O) groups excluding carboxylic acids is 1. The summed E-state index contributed by atoms with van der Waals surface area (Å²) in [5.41, 5.74) is 2.89. The Bertz CT molecular complexity index is 630. The normalized spacial score (nSPS) is 11.4. The van der Waals surface area contributed by atoms with E-state index in [0.29, 0.717) is 11.1 Å². The molecule has 0 bridgehead atoms. The van der Waals surface area contributed by atoms with Gasteiger partial charge in [0.25, 0.3) is 0 Å². The molecule has 0 fully saturated rings. The molecule has 0 N–H and O–H groups in total. The SMILES string of the molecule is Cc1ccc(/C=C(\F)c2ccc(C=O)cc2)cc1Br. The first-order valence-corrected chi connectivity index (χ1v) is 6.58. The first kappa shape index (κ1) is 13.7. The number of aryl methyl sites for hydroxylation is 1. The van der Waals surface area contributed by atoms with Gasteiger partial charge in [0.05, 0.1) is 0 Å². The second kappa shape index (κ2) is 5.93. The lowest BCUT2D eigenvalue weighted by atomic mass is 10.1. The molecule has 2 rings (SSSR count). The number of rotatable bonds is 3. The Labute approximate surface area is 119 Å². The minimum absolute atomic E-state index is 0.326. The van der Waals surface area contributed by atoms with Crippen molar-refractivity contribution in [2.75, 3.05) is 0 Å². The van der Waals surface area contributed by atoms with Gasteiger partial charge in [-0.15, -0.1) is 0 Å². The van der Waals surface area contributed by atoms with E-state index in [-0.39, 0.29) is 5.83 Å². The molecule has 0 radical (unpaired) electrons. The zero-order valence-corrected chi connectivity index (χ0v) is 11.9. The number of benzene rings is 2. The summed E-state index contributed by atoms with van der Waals surface area (Å²) >= 11 is 3.42. The molecule has 0 aliphatic heterocycles. The van der Waals surface area contributed by atoms with Crippen LogP contribution < -0.4 is 0 Å². The van der Waals surface area contributed by atoms with Crippen molar-refractivity contribution in [2.45, 2.75) is 6.92 Å². The van der Waals surface area contributed by atoms with Gasteiger partial charge in [-0.3, -0.25) is 4.79 Å². The van der Waals surface area contributed by atoms with Crippen LogP contribution in [0.15, 0.2) is 46.9 Å². The van der Waals surface area contributed by atoms with Gasteiger partial charge in [-0.1, -0.05) is 52.3 Å². The van der Waals surface area contributed by atoms with Gasteiger partial charge < -0.3 is 0 Å². The lowest BCUT2D eigenvalue weighted by Gasteiger charge is -2.02. The molecule has 2 aromatic carbocycles. The molecule has 0 amide bonds. The summed E-state index contributed by atoms with van der Waals surface area (Å²) in [6, 6.07) is 12.0. The van der Waals surface area contributed by atoms with E-state index >= 15 is 0 Å². The number of carbonyl (C=O) groups is 1. The Morgan fingerprint density at radius 1 is 1.11 bits per heavy atom. The third-order valence-corrected chi connectivity index (χ3v) is 3.67. The van der Waals surface area contributed by atoms with E-state index in [0.717, 1.165) is 21.9 Å². The van der Waals surface area contributed by atoms with Crippen LogP contribution in [-0.2, 0) is 0 Å². The van der Waals surface area contributed by atoms with Crippen molar-refractivity contribution in [1.82, 2.24) is 0 Å². The van der Waals surface area contributed by atoms with Crippen LogP contribution in [0.3, 0.4) is 0 Å². The van der Waals surface area contributed by atoms with Crippen molar-refractivity contribution in [1.29, 1.82) is 0 Å². The summed E-state index contributed by atoms with van der Waals surface area (Å²) in [6.45, 7) is 1.98. The quantitative estimate of drug-likeness (QED) is 0.572. The van der Waals surface area contributed by atoms with Gasteiger partial charge in [-0.25, -0.2) is 4.39 Å². The van der Waals surface area contributed by atoms with Crippen LogP contribution in [0.25, 0.3) is 11.9 Å². The molecule has 19 heavy (non-hydrogen) atoms. The maximum atomic E-state index is 14.0. The number of halogens is 2. The lowest BCUT2D eigenvalue weighted by molar-refractivity contribution is 0.112. The topological polar surface area (TPSA) is 17.1 Å². The molecular weight excluding hydrogens is 307 g/mol. The fourth-order valence-electron chi connectivity index (χ4n) is 1.65. The van der Waals surface area contributed by atoms with Crippen LogP contribution in [-0.4, -0.2) is 6.29 Å². The molecule has 0 atom stereocenters. The highest BCUT2D eigenvalue weighted by molar-refractivity contribution is 9.10. The van der Waals surface area contributed by atoms with Crippen LogP contribution in [0.2, 0.25) is 0 Å². The molecule has 0 saturated carbocycles. The second-order valence-electron chi connectivity index (χ2n) is 4.24. The van der Waals surface area contributed by atoms with E-state index in [1.807, 2.05) is 25.1 Å². The van der Waals surface area contributed by atoms with E-state index in [1.54, 1.807) is 24.3 Å². The Balaban J connectivity index is 2.30. The fourth-order valence-corrected chi connectivity index (χ4v) is 2.05. The molecule has 2 aromatic rings. The molecular formula is C16H12BrFO. The number of aldehydes is 1. The van der Waals surface area contributed by atoms with E-state index in [9.17, 15) is 9.18 Å². The van der Waals surface area contributed by atoms with Crippen molar-refractivity contribution >= 4 is 34.1 Å². The van der Waals surface area contributed by atoms with Crippen LogP contribution in [0.1, 0.15) is 27.0 Å². The third-order valence-electron chi connectivity index (χ3n) is 2.81. The highest BCUT2D eigenvalue weighted by Crippen LogP contribution is 2.23. The summed E-state index contributed by atoms with van der Waals surface area (Å²) in [6.07, 6.45) is 2.21. The number of hydrogen-bond donors (Lipinski definition) is 0.